The maximum atomic E-state index is 11.9. The molecule has 0 bridgehead atoms. The fourth-order valence-electron chi connectivity index (χ4n) is 2.15. The van der Waals surface area contributed by atoms with Crippen molar-refractivity contribution in [3.05, 3.63) is 71.8 Å². The molecule has 0 fully saturated rings. The fourth-order valence-corrected chi connectivity index (χ4v) is 2.15. The van der Waals surface area contributed by atoms with E-state index in [4.69, 9.17) is 4.74 Å². The Morgan fingerprint density at radius 2 is 1.96 bits per heavy atom. The summed E-state index contributed by atoms with van der Waals surface area (Å²) in [5, 5.41) is 2.69. The highest BCUT2D eigenvalue weighted by Gasteiger charge is 2.10. The number of ether oxygens (including phenoxy) is 1. The summed E-state index contributed by atoms with van der Waals surface area (Å²) in [6.07, 6.45) is 4.33. The molecule has 0 unspecified atom stereocenters. The molecule has 1 atom stereocenters. The van der Waals surface area contributed by atoms with E-state index in [9.17, 15) is 9.59 Å². The van der Waals surface area contributed by atoms with Crippen LogP contribution in [0.3, 0.4) is 0 Å². The molecular formula is C19H19NO3. The van der Waals surface area contributed by atoms with Crippen LogP contribution < -0.4 is 10.1 Å². The number of carbonyl (C=O) groups excluding carboxylic acids is 2. The molecule has 0 aliphatic heterocycles. The Bertz CT molecular complexity index is 680. The van der Waals surface area contributed by atoms with E-state index in [1.807, 2.05) is 54.6 Å². The molecule has 23 heavy (non-hydrogen) atoms. The molecule has 0 spiro atoms. The van der Waals surface area contributed by atoms with Crippen molar-refractivity contribution in [3.8, 4) is 5.75 Å². The first-order valence-electron chi connectivity index (χ1n) is 7.33. The van der Waals surface area contributed by atoms with Crippen molar-refractivity contribution in [2.45, 2.75) is 12.5 Å². The average molecular weight is 309 g/mol. The van der Waals surface area contributed by atoms with Gasteiger partial charge in [-0.3, -0.25) is 4.79 Å². The van der Waals surface area contributed by atoms with E-state index >= 15 is 0 Å². The van der Waals surface area contributed by atoms with Crippen molar-refractivity contribution in [2.75, 3.05) is 7.11 Å². The molecule has 0 saturated carbocycles. The van der Waals surface area contributed by atoms with Crippen LogP contribution in [0.1, 0.15) is 11.1 Å². The number of amides is 1. The van der Waals surface area contributed by atoms with Crippen molar-refractivity contribution in [3.63, 3.8) is 0 Å². The number of rotatable bonds is 7. The van der Waals surface area contributed by atoms with Crippen LogP contribution in [0.5, 0.6) is 5.75 Å². The van der Waals surface area contributed by atoms with E-state index in [1.54, 1.807) is 13.2 Å². The maximum absolute atomic E-state index is 11.9. The Kier molecular flexibility index (Phi) is 6.12. The molecule has 1 amide bonds. The quantitative estimate of drug-likeness (QED) is 0.632. The Morgan fingerprint density at radius 3 is 2.65 bits per heavy atom. The van der Waals surface area contributed by atoms with Crippen LogP contribution in [0.15, 0.2) is 60.7 Å². The largest absolute Gasteiger partial charge is 0.497 e. The Morgan fingerprint density at radius 1 is 1.17 bits per heavy atom. The topological polar surface area (TPSA) is 55.4 Å². The van der Waals surface area contributed by atoms with Gasteiger partial charge in [-0.1, -0.05) is 42.5 Å². The van der Waals surface area contributed by atoms with Crippen LogP contribution in [-0.2, 0) is 16.0 Å². The smallest absolute Gasteiger partial charge is 0.244 e. The predicted octanol–water partition coefficient (Wildman–Crippen LogP) is 2.63. The minimum absolute atomic E-state index is 0.305. The van der Waals surface area contributed by atoms with Crippen LogP contribution in [-0.4, -0.2) is 25.3 Å². The second-order valence-electron chi connectivity index (χ2n) is 5.05. The van der Waals surface area contributed by atoms with E-state index in [1.165, 1.54) is 6.08 Å². The van der Waals surface area contributed by atoms with Crippen LogP contribution in [0.2, 0.25) is 0 Å². The van der Waals surface area contributed by atoms with Crippen molar-refractivity contribution in [1.29, 1.82) is 0 Å². The zero-order valence-electron chi connectivity index (χ0n) is 12.9. The molecule has 1 N–H and O–H groups in total. The minimum atomic E-state index is -0.542. The third kappa shape index (κ3) is 5.43. The van der Waals surface area contributed by atoms with Gasteiger partial charge < -0.3 is 14.8 Å². The van der Waals surface area contributed by atoms with Gasteiger partial charge >= 0.3 is 0 Å². The van der Waals surface area contributed by atoms with Gasteiger partial charge in [-0.15, -0.1) is 0 Å². The van der Waals surface area contributed by atoms with Gasteiger partial charge in [0.15, 0.2) is 0 Å². The minimum Gasteiger partial charge on any atom is -0.497 e. The highest BCUT2D eigenvalue weighted by Crippen LogP contribution is 2.13. The Hall–Kier alpha value is -2.88. The third-order valence-electron chi connectivity index (χ3n) is 3.31. The number of nitrogens with one attached hydrogen (secondary N) is 1. The van der Waals surface area contributed by atoms with Gasteiger partial charge in [0.2, 0.25) is 5.91 Å². The van der Waals surface area contributed by atoms with Gasteiger partial charge in [0.25, 0.3) is 0 Å². The lowest BCUT2D eigenvalue weighted by molar-refractivity contribution is -0.120. The molecular weight excluding hydrogens is 290 g/mol. The molecule has 0 aliphatic rings. The van der Waals surface area contributed by atoms with Gasteiger partial charge in [-0.05, 0) is 35.8 Å². The van der Waals surface area contributed by atoms with E-state index in [-0.39, 0.29) is 5.91 Å². The van der Waals surface area contributed by atoms with E-state index in [0.717, 1.165) is 23.2 Å². The van der Waals surface area contributed by atoms with Crippen LogP contribution in [0.4, 0.5) is 0 Å². The fraction of sp³-hybridized carbons (Fsp3) is 0.158. The number of hydrogen-bond acceptors (Lipinski definition) is 3. The Balaban J connectivity index is 1.94. The van der Waals surface area contributed by atoms with E-state index in [0.29, 0.717) is 6.42 Å². The monoisotopic (exact) mass is 309 g/mol. The normalized spacial score (nSPS) is 11.9. The molecule has 2 rings (SSSR count). The number of methoxy groups -OCH3 is 1. The summed E-state index contributed by atoms with van der Waals surface area (Å²) in [5.74, 6) is 0.420. The van der Waals surface area contributed by atoms with Crippen LogP contribution in [0.25, 0.3) is 6.08 Å². The van der Waals surface area contributed by atoms with Crippen molar-refractivity contribution < 1.29 is 14.3 Å². The first-order chi connectivity index (χ1) is 11.2. The lowest BCUT2D eigenvalue weighted by Gasteiger charge is -2.11. The number of aldehydes is 1. The molecule has 0 aliphatic carbocycles. The van der Waals surface area contributed by atoms with E-state index < -0.39 is 6.04 Å². The second-order valence-corrected chi connectivity index (χ2v) is 5.05. The van der Waals surface area contributed by atoms with Crippen molar-refractivity contribution >= 4 is 18.3 Å². The lowest BCUT2D eigenvalue weighted by atomic mass is 10.1. The molecule has 4 nitrogen and oxygen atoms in total. The van der Waals surface area contributed by atoms with Gasteiger partial charge in [0, 0.05) is 6.08 Å². The van der Waals surface area contributed by atoms with Gasteiger partial charge in [0.05, 0.1) is 13.2 Å². The molecule has 4 heteroatoms. The molecule has 0 radical (unpaired) electrons. The molecule has 2 aromatic carbocycles. The SMILES string of the molecule is COc1cccc(/C=C/C(=O)N[C@H](C=O)Cc2ccccc2)c1. The van der Waals surface area contributed by atoms with Gasteiger partial charge in [-0.25, -0.2) is 0 Å². The number of hydrogen-bond donors (Lipinski definition) is 1. The third-order valence-corrected chi connectivity index (χ3v) is 3.31. The summed E-state index contributed by atoms with van der Waals surface area (Å²) in [6.45, 7) is 0. The van der Waals surface area contributed by atoms with Crippen molar-refractivity contribution in [1.82, 2.24) is 5.32 Å². The number of benzene rings is 2. The van der Waals surface area contributed by atoms with Gasteiger partial charge in [-0.2, -0.15) is 0 Å². The maximum Gasteiger partial charge on any atom is 0.244 e. The molecule has 118 valence electrons. The Labute approximate surface area is 135 Å². The lowest BCUT2D eigenvalue weighted by Crippen LogP contribution is -2.36. The highest BCUT2D eigenvalue weighted by molar-refractivity contribution is 5.93. The first-order valence-corrected chi connectivity index (χ1v) is 7.33. The summed E-state index contributed by atoms with van der Waals surface area (Å²) in [4.78, 5) is 23.1. The molecule has 0 saturated heterocycles. The first kappa shape index (κ1) is 16.5. The van der Waals surface area contributed by atoms with E-state index in [2.05, 4.69) is 5.32 Å². The van der Waals surface area contributed by atoms with Crippen molar-refractivity contribution in [2.24, 2.45) is 0 Å². The highest BCUT2D eigenvalue weighted by atomic mass is 16.5. The van der Waals surface area contributed by atoms with Gasteiger partial charge in [0.1, 0.15) is 12.0 Å². The van der Waals surface area contributed by atoms with Crippen LogP contribution >= 0.6 is 0 Å². The summed E-state index contributed by atoms with van der Waals surface area (Å²) in [6, 6.07) is 16.4. The zero-order chi connectivity index (χ0) is 16.5. The number of carbonyl (C=O) groups is 2. The van der Waals surface area contributed by atoms with Crippen LogP contribution in [0, 0.1) is 0 Å². The summed E-state index contributed by atoms with van der Waals surface area (Å²) < 4.78 is 5.13. The summed E-state index contributed by atoms with van der Waals surface area (Å²) in [7, 11) is 1.59. The molecule has 2 aromatic rings. The summed E-state index contributed by atoms with van der Waals surface area (Å²) in [5.41, 5.74) is 1.85. The predicted molar refractivity (Wildman–Crippen MR) is 90.2 cm³/mol. The standard InChI is InChI=1S/C19H19NO3/c1-23-18-9-5-8-16(13-18)10-11-19(22)20-17(14-21)12-15-6-3-2-4-7-15/h2-11,13-14,17H,12H2,1H3,(H,20,22)/b11-10+/t17-/m0/s1. The zero-order valence-corrected chi connectivity index (χ0v) is 12.9. The average Bonchev–Trinajstić information content (AvgIpc) is 2.60. The second kappa shape index (κ2) is 8.54. The summed E-state index contributed by atoms with van der Waals surface area (Å²) >= 11 is 0. The molecule has 0 aromatic heterocycles. The molecule has 0 heterocycles.